The van der Waals surface area contributed by atoms with E-state index in [0.29, 0.717) is 69.6 Å². The Balaban J connectivity index is 0.742. The molecular weight excluding hydrogens is 707 g/mol. The first kappa shape index (κ1) is 37.7. The first-order valence-electron chi connectivity index (χ1n) is 19.3. The summed E-state index contributed by atoms with van der Waals surface area (Å²) in [6, 6.07) is 18.2. The first-order chi connectivity index (χ1) is 26.4. The lowest BCUT2D eigenvalue weighted by Crippen LogP contribution is -2.49. The van der Waals surface area contributed by atoms with Crippen LogP contribution in [0.3, 0.4) is 0 Å². The number of ether oxygens (including phenoxy) is 1. The van der Waals surface area contributed by atoms with Gasteiger partial charge in [-0.1, -0.05) is 54.1 Å². The smallest absolute Gasteiger partial charge is 0.321 e. The Kier molecular flexibility index (Phi) is 12.7. The highest BCUT2D eigenvalue weighted by atomic mass is 32.2. The molecule has 4 fully saturated rings. The Labute approximate surface area is 320 Å². The summed E-state index contributed by atoms with van der Waals surface area (Å²) in [6.45, 7) is 4.85. The molecule has 3 atom stereocenters. The van der Waals surface area contributed by atoms with Gasteiger partial charge in [0.05, 0.1) is 31.4 Å². The van der Waals surface area contributed by atoms with Crippen LogP contribution in [0, 0.1) is 0 Å². The normalized spacial score (nSPS) is 21.3. The van der Waals surface area contributed by atoms with Crippen molar-refractivity contribution in [3.8, 4) is 11.3 Å². The summed E-state index contributed by atoms with van der Waals surface area (Å²) >= 11 is 1.91. The number of hydrogen-bond donors (Lipinski definition) is 3. The number of amides is 6. The van der Waals surface area contributed by atoms with Crippen LogP contribution < -0.4 is 16.0 Å². The van der Waals surface area contributed by atoms with Crippen LogP contribution in [0.5, 0.6) is 0 Å². The molecule has 4 saturated heterocycles. The van der Waals surface area contributed by atoms with Gasteiger partial charge in [-0.15, -0.1) is 5.10 Å². The van der Waals surface area contributed by atoms with Gasteiger partial charge < -0.3 is 35.4 Å². The Bertz CT molecular complexity index is 1730. The average Bonchev–Trinajstić information content (AvgIpc) is 3.98. The van der Waals surface area contributed by atoms with Gasteiger partial charge in [0.25, 0.3) is 0 Å². The van der Waals surface area contributed by atoms with Gasteiger partial charge in [-0.25, -0.2) is 19.1 Å². The van der Waals surface area contributed by atoms with Crippen molar-refractivity contribution < 1.29 is 23.9 Å². The molecule has 7 rings (SSSR count). The molecule has 3 aromatic rings. The van der Waals surface area contributed by atoms with E-state index in [-0.39, 0.29) is 42.0 Å². The number of aromatic nitrogens is 3. The molecule has 0 bridgehead atoms. The van der Waals surface area contributed by atoms with E-state index in [0.717, 1.165) is 67.8 Å². The predicted molar refractivity (Wildman–Crippen MR) is 207 cm³/mol. The molecule has 14 nitrogen and oxygen atoms in total. The van der Waals surface area contributed by atoms with Crippen LogP contribution in [0.2, 0.25) is 0 Å². The maximum atomic E-state index is 13.1. The second-order valence-corrected chi connectivity index (χ2v) is 15.9. The van der Waals surface area contributed by atoms with Crippen LogP contribution in [0.1, 0.15) is 56.9 Å². The Morgan fingerprint density at radius 1 is 0.907 bits per heavy atom. The second-order valence-electron chi connectivity index (χ2n) is 14.6. The third-order valence-electron chi connectivity index (χ3n) is 10.8. The van der Waals surface area contributed by atoms with Crippen molar-refractivity contribution >= 4 is 41.3 Å². The van der Waals surface area contributed by atoms with E-state index in [1.807, 2.05) is 87.3 Å². The SMILES string of the molecule is O=C(CCCC[C@@H]1SC[C@@H]2NC(=O)N[C@@H]21)CCCOCCn1cc(-c2ccc(NC(=O)N3CCC(N4CCN(Cc5ccccc5)C4=O)CC3)cc2)nn1. The summed E-state index contributed by atoms with van der Waals surface area (Å²) in [5.41, 5.74) is 3.46. The van der Waals surface area contributed by atoms with Gasteiger partial charge in [-0.3, -0.25) is 4.79 Å². The van der Waals surface area contributed by atoms with Gasteiger partial charge in [0.1, 0.15) is 11.5 Å². The molecule has 2 aromatic carbocycles. The van der Waals surface area contributed by atoms with Gasteiger partial charge in [-0.05, 0) is 49.8 Å². The Morgan fingerprint density at radius 3 is 2.52 bits per heavy atom. The number of fused-ring (bicyclic) bond motifs is 1. The van der Waals surface area contributed by atoms with E-state index < -0.39 is 0 Å². The standard InChI is InChI=1S/C39H51N9O5S/c49-32(9-4-5-11-35-36-34(27-54-35)41-37(50)42-36)10-6-23-53-24-22-47-26-33(43-44-47)29-12-14-30(15-13-29)40-38(51)45-18-16-31(17-19-45)48-21-20-46(39(48)52)25-28-7-2-1-3-8-28/h1-3,7-8,12-15,26,31,34-36H,4-6,9-11,16-25,27H2,(H,40,51)(H2,41,42,50)/t34-,35-,36-/m0/s1. The van der Waals surface area contributed by atoms with Crippen molar-refractivity contribution in [3.63, 3.8) is 0 Å². The largest absolute Gasteiger partial charge is 0.380 e. The van der Waals surface area contributed by atoms with Crippen LogP contribution >= 0.6 is 11.8 Å². The summed E-state index contributed by atoms with van der Waals surface area (Å²) in [5.74, 6) is 1.24. The van der Waals surface area contributed by atoms with E-state index >= 15 is 0 Å². The molecule has 6 amide bonds. The molecule has 4 aliphatic rings. The molecule has 0 saturated carbocycles. The van der Waals surface area contributed by atoms with Crippen molar-refractivity contribution in [3.05, 3.63) is 66.4 Å². The van der Waals surface area contributed by atoms with Gasteiger partial charge in [-0.2, -0.15) is 11.8 Å². The number of nitrogens with zero attached hydrogens (tertiary/aromatic N) is 6. The van der Waals surface area contributed by atoms with E-state index in [1.54, 1.807) is 4.68 Å². The summed E-state index contributed by atoms with van der Waals surface area (Å²) in [5, 5.41) is 18.0. The first-order valence-corrected chi connectivity index (χ1v) is 20.4. The molecule has 0 radical (unpaired) electrons. The van der Waals surface area contributed by atoms with Crippen molar-refractivity contribution in [2.75, 3.05) is 50.5 Å². The number of ketones is 1. The second kappa shape index (κ2) is 18.1. The summed E-state index contributed by atoms with van der Waals surface area (Å²) in [4.78, 5) is 55.7. The van der Waals surface area contributed by atoms with Crippen molar-refractivity contribution in [1.82, 2.24) is 40.3 Å². The fraction of sp³-hybridized carbons (Fsp3) is 0.538. The Morgan fingerprint density at radius 2 is 1.70 bits per heavy atom. The maximum absolute atomic E-state index is 13.1. The number of carbonyl (C=O) groups excluding carboxylic acids is 4. The average molecular weight is 758 g/mol. The predicted octanol–water partition coefficient (Wildman–Crippen LogP) is 4.97. The van der Waals surface area contributed by atoms with E-state index in [2.05, 4.69) is 26.3 Å². The number of likely N-dealkylation sites (tertiary alicyclic amines) is 1. The monoisotopic (exact) mass is 757 g/mol. The number of benzene rings is 2. The molecule has 0 spiro atoms. The highest BCUT2D eigenvalue weighted by Gasteiger charge is 2.42. The zero-order valence-corrected chi connectivity index (χ0v) is 31.6. The van der Waals surface area contributed by atoms with E-state index in [4.69, 9.17) is 4.74 Å². The zero-order chi connectivity index (χ0) is 37.3. The van der Waals surface area contributed by atoms with Crippen LogP contribution in [0.4, 0.5) is 20.1 Å². The minimum atomic E-state index is -0.137. The molecular formula is C39H51N9O5S. The quantitative estimate of drug-likeness (QED) is 0.129. The summed E-state index contributed by atoms with van der Waals surface area (Å²) in [6.07, 6.45) is 8.15. The molecule has 15 heteroatoms. The number of piperidine rings is 1. The zero-order valence-electron chi connectivity index (χ0n) is 30.7. The number of anilines is 1. The topological polar surface area (TPSA) is 154 Å². The van der Waals surface area contributed by atoms with Gasteiger partial charge >= 0.3 is 18.1 Å². The minimum Gasteiger partial charge on any atom is -0.380 e. The Hall–Kier alpha value is -4.63. The maximum Gasteiger partial charge on any atom is 0.321 e. The lowest BCUT2D eigenvalue weighted by molar-refractivity contribution is -0.119. The van der Waals surface area contributed by atoms with Crippen LogP contribution in [0.15, 0.2) is 60.8 Å². The molecule has 0 unspecified atom stereocenters. The van der Waals surface area contributed by atoms with Crippen molar-refractivity contribution in [2.24, 2.45) is 0 Å². The fourth-order valence-electron chi connectivity index (χ4n) is 7.81. The number of rotatable bonds is 17. The number of nitrogens with one attached hydrogen (secondary N) is 3. The molecule has 4 aliphatic heterocycles. The van der Waals surface area contributed by atoms with E-state index in [1.165, 1.54) is 0 Å². The number of unbranched alkanes of at least 4 members (excludes halogenated alkanes) is 1. The number of carbonyl (C=O) groups is 4. The summed E-state index contributed by atoms with van der Waals surface area (Å²) in [7, 11) is 0. The van der Waals surface area contributed by atoms with Crippen molar-refractivity contribution in [1.29, 1.82) is 0 Å². The highest BCUT2D eigenvalue weighted by Crippen LogP contribution is 2.33. The third-order valence-corrected chi connectivity index (χ3v) is 12.4. The number of Topliss-reactive ketones (excluding diaryl/α,β-unsaturated/α-hetero) is 1. The van der Waals surface area contributed by atoms with Gasteiger partial charge in [0, 0.05) is 80.5 Å². The van der Waals surface area contributed by atoms with Crippen LogP contribution in [-0.2, 0) is 22.6 Å². The molecule has 288 valence electrons. The van der Waals surface area contributed by atoms with Crippen LogP contribution in [-0.4, -0.2) is 122 Å². The number of urea groups is 3. The van der Waals surface area contributed by atoms with E-state index in [9.17, 15) is 19.2 Å². The number of hydrogen-bond acceptors (Lipinski definition) is 8. The van der Waals surface area contributed by atoms with Crippen LogP contribution in [0.25, 0.3) is 11.3 Å². The lowest BCUT2D eigenvalue weighted by Gasteiger charge is -2.36. The molecule has 54 heavy (non-hydrogen) atoms. The minimum absolute atomic E-state index is 0.0565. The molecule has 0 aliphatic carbocycles. The highest BCUT2D eigenvalue weighted by molar-refractivity contribution is 8.00. The summed E-state index contributed by atoms with van der Waals surface area (Å²) < 4.78 is 7.50. The third kappa shape index (κ3) is 9.72. The number of thioether (sulfide) groups is 1. The molecule has 5 heterocycles. The van der Waals surface area contributed by atoms with Gasteiger partial charge in [0.15, 0.2) is 0 Å². The molecule has 3 N–H and O–H groups in total. The fourth-order valence-corrected chi connectivity index (χ4v) is 9.35. The van der Waals surface area contributed by atoms with Crippen molar-refractivity contribution in [2.45, 2.75) is 87.8 Å². The molecule has 1 aromatic heterocycles. The lowest BCUT2D eigenvalue weighted by atomic mass is 10.0. The van der Waals surface area contributed by atoms with Gasteiger partial charge in [0.2, 0.25) is 0 Å².